The number of aryl methyl sites for hydroxylation is 1. The molecule has 2 atom stereocenters. The van der Waals surface area contributed by atoms with Crippen LogP contribution in [-0.4, -0.2) is 63.5 Å². The average molecular weight is 502 g/mol. The molecule has 3 rings (SSSR count). The minimum absolute atomic E-state index is 0.162. The van der Waals surface area contributed by atoms with Gasteiger partial charge < -0.3 is 24.2 Å². The molecule has 1 aliphatic rings. The summed E-state index contributed by atoms with van der Waals surface area (Å²) in [5.41, 5.74) is 3.19. The fraction of sp³-hybridized carbons (Fsp3) is 0.552. The maximum Gasteiger partial charge on any atom is 0.329 e. The summed E-state index contributed by atoms with van der Waals surface area (Å²) in [4.78, 5) is 13.5. The first-order valence-electron chi connectivity index (χ1n) is 12.7. The summed E-state index contributed by atoms with van der Waals surface area (Å²) in [6.07, 6.45) is 3.35. The minimum atomic E-state index is -0.962. The molecule has 0 fully saturated rings. The van der Waals surface area contributed by atoms with Crippen molar-refractivity contribution in [2.45, 2.75) is 45.4 Å². The van der Waals surface area contributed by atoms with Crippen LogP contribution in [0.2, 0.25) is 0 Å². The SMILES string of the molecule is COc1ccc(CCN(C)CC[C@@]2(COCC(=O)O)CCc3cc(F)ccc3[C@@H]2C(C)C)cc1OC. The van der Waals surface area contributed by atoms with Gasteiger partial charge in [-0.3, -0.25) is 0 Å². The third-order valence-corrected chi connectivity index (χ3v) is 7.50. The van der Waals surface area contributed by atoms with Crippen LogP contribution >= 0.6 is 0 Å². The van der Waals surface area contributed by atoms with E-state index in [0.29, 0.717) is 12.5 Å². The number of halogens is 1. The van der Waals surface area contributed by atoms with Gasteiger partial charge in [-0.15, -0.1) is 0 Å². The number of likely N-dealkylation sites (N-methyl/N-ethyl adjacent to an activating group) is 1. The Kier molecular flexibility index (Phi) is 9.74. The molecule has 2 aromatic rings. The summed E-state index contributed by atoms with van der Waals surface area (Å²) in [5, 5.41) is 9.17. The van der Waals surface area contributed by atoms with Gasteiger partial charge in [0.1, 0.15) is 12.4 Å². The predicted octanol–water partition coefficient (Wildman–Crippen LogP) is 5.18. The molecule has 198 valence electrons. The van der Waals surface area contributed by atoms with E-state index in [1.807, 2.05) is 18.2 Å². The van der Waals surface area contributed by atoms with Gasteiger partial charge in [0.15, 0.2) is 11.5 Å². The zero-order valence-electron chi connectivity index (χ0n) is 22.2. The molecule has 0 amide bonds. The van der Waals surface area contributed by atoms with Gasteiger partial charge in [-0.2, -0.15) is 0 Å². The van der Waals surface area contributed by atoms with Gasteiger partial charge >= 0.3 is 5.97 Å². The number of methoxy groups -OCH3 is 2. The quantitative estimate of drug-likeness (QED) is 0.408. The smallest absolute Gasteiger partial charge is 0.329 e. The van der Waals surface area contributed by atoms with Crippen LogP contribution in [0.1, 0.15) is 49.3 Å². The molecule has 0 bridgehead atoms. The van der Waals surface area contributed by atoms with E-state index in [4.69, 9.17) is 19.3 Å². The van der Waals surface area contributed by atoms with E-state index < -0.39 is 5.97 Å². The lowest BCUT2D eigenvalue weighted by Gasteiger charge is -2.48. The minimum Gasteiger partial charge on any atom is -0.493 e. The van der Waals surface area contributed by atoms with Crippen molar-refractivity contribution in [1.29, 1.82) is 0 Å². The van der Waals surface area contributed by atoms with Gasteiger partial charge in [0.05, 0.1) is 20.8 Å². The maximum atomic E-state index is 14.0. The first kappa shape index (κ1) is 27.9. The number of benzene rings is 2. The first-order valence-corrected chi connectivity index (χ1v) is 12.7. The van der Waals surface area contributed by atoms with Crippen LogP contribution in [0.3, 0.4) is 0 Å². The molecule has 6 nitrogen and oxygen atoms in total. The lowest BCUT2D eigenvalue weighted by Crippen LogP contribution is -2.43. The van der Waals surface area contributed by atoms with Gasteiger partial charge in [-0.05, 0) is 92.1 Å². The van der Waals surface area contributed by atoms with Gasteiger partial charge in [-0.1, -0.05) is 26.0 Å². The zero-order chi connectivity index (χ0) is 26.3. The molecule has 2 aromatic carbocycles. The number of nitrogens with zero attached hydrogens (tertiary/aromatic N) is 1. The summed E-state index contributed by atoms with van der Waals surface area (Å²) in [6.45, 7) is 6.17. The molecule has 0 heterocycles. The lowest BCUT2D eigenvalue weighted by atomic mass is 9.59. The van der Waals surface area contributed by atoms with Crippen molar-refractivity contribution >= 4 is 5.97 Å². The van der Waals surface area contributed by atoms with Crippen molar-refractivity contribution < 1.29 is 28.5 Å². The summed E-state index contributed by atoms with van der Waals surface area (Å²) in [6, 6.07) is 11.1. The highest BCUT2D eigenvalue weighted by atomic mass is 19.1. The van der Waals surface area contributed by atoms with Crippen LogP contribution in [0.25, 0.3) is 0 Å². The number of ether oxygens (including phenoxy) is 3. The highest BCUT2D eigenvalue weighted by molar-refractivity contribution is 5.68. The topological polar surface area (TPSA) is 68.2 Å². The molecule has 0 radical (unpaired) electrons. The number of hydrogen-bond donors (Lipinski definition) is 1. The Hall–Kier alpha value is -2.64. The molecule has 1 N–H and O–H groups in total. The van der Waals surface area contributed by atoms with Crippen LogP contribution in [-0.2, 0) is 22.4 Å². The van der Waals surface area contributed by atoms with Crippen molar-refractivity contribution in [3.05, 3.63) is 58.9 Å². The molecule has 36 heavy (non-hydrogen) atoms. The Morgan fingerprint density at radius 1 is 1.14 bits per heavy atom. The third-order valence-electron chi connectivity index (χ3n) is 7.50. The van der Waals surface area contributed by atoms with Crippen molar-refractivity contribution in [3.63, 3.8) is 0 Å². The van der Waals surface area contributed by atoms with Gasteiger partial charge in [0, 0.05) is 12.0 Å². The monoisotopic (exact) mass is 501 g/mol. The Morgan fingerprint density at radius 3 is 2.56 bits per heavy atom. The van der Waals surface area contributed by atoms with E-state index in [1.165, 1.54) is 17.2 Å². The van der Waals surface area contributed by atoms with Gasteiger partial charge in [-0.25, -0.2) is 9.18 Å². The molecule has 7 heteroatoms. The third kappa shape index (κ3) is 6.77. The molecule has 0 saturated heterocycles. The number of carbonyl (C=O) groups is 1. The second kappa shape index (κ2) is 12.5. The predicted molar refractivity (Wildman–Crippen MR) is 139 cm³/mol. The fourth-order valence-corrected chi connectivity index (χ4v) is 5.77. The zero-order valence-corrected chi connectivity index (χ0v) is 22.2. The van der Waals surface area contributed by atoms with E-state index >= 15 is 0 Å². The van der Waals surface area contributed by atoms with Crippen molar-refractivity contribution in [2.24, 2.45) is 11.3 Å². The summed E-state index contributed by atoms with van der Waals surface area (Å²) in [7, 11) is 5.39. The highest BCUT2D eigenvalue weighted by Gasteiger charge is 2.45. The molecule has 0 aromatic heterocycles. The summed E-state index contributed by atoms with van der Waals surface area (Å²) < 4.78 is 30.5. The Balaban J connectivity index is 1.74. The summed E-state index contributed by atoms with van der Waals surface area (Å²) >= 11 is 0. The molecule has 0 saturated carbocycles. The molecule has 1 aliphatic carbocycles. The van der Waals surface area contributed by atoms with E-state index in [9.17, 15) is 9.18 Å². The molecule has 0 unspecified atom stereocenters. The largest absolute Gasteiger partial charge is 0.493 e. The van der Waals surface area contributed by atoms with E-state index in [1.54, 1.807) is 20.3 Å². The van der Waals surface area contributed by atoms with Crippen LogP contribution in [0, 0.1) is 17.2 Å². The Bertz CT molecular complexity index is 1030. The van der Waals surface area contributed by atoms with E-state index in [0.717, 1.165) is 55.8 Å². The lowest BCUT2D eigenvalue weighted by molar-refractivity contribution is -0.144. The second-order valence-electron chi connectivity index (χ2n) is 10.3. The van der Waals surface area contributed by atoms with Crippen molar-refractivity contribution in [2.75, 3.05) is 47.6 Å². The van der Waals surface area contributed by atoms with Gasteiger partial charge in [0.25, 0.3) is 0 Å². The number of carboxylic acids is 1. The van der Waals surface area contributed by atoms with Crippen LogP contribution in [0.15, 0.2) is 36.4 Å². The molecular weight excluding hydrogens is 461 g/mol. The maximum absolute atomic E-state index is 14.0. The molecule has 0 aliphatic heterocycles. The Morgan fingerprint density at radius 2 is 1.89 bits per heavy atom. The van der Waals surface area contributed by atoms with Crippen molar-refractivity contribution in [3.8, 4) is 11.5 Å². The number of carboxylic acid groups (broad SMARTS) is 1. The van der Waals surface area contributed by atoms with Crippen LogP contribution < -0.4 is 9.47 Å². The highest BCUT2D eigenvalue weighted by Crippen LogP contribution is 2.52. The number of rotatable bonds is 13. The number of aliphatic carboxylic acids is 1. The second-order valence-corrected chi connectivity index (χ2v) is 10.3. The normalized spacial score (nSPS) is 19.4. The standard InChI is InChI=1S/C29H40FNO5/c1-20(2)28-24-8-7-23(30)17-22(24)10-12-29(28,19-36-18-27(32)33)13-15-31(3)14-11-21-6-9-25(34-4)26(16-21)35-5/h6-9,16-17,20,28H,10-15,18-19H2,1-5H3,(H,32,33)/t28-,29+/m0/s1. The fourth-order valence-electron chi connectivity index (χ4n) is 5.77. The van der Waals surface area contributed by atoms with Crippen LogP contribution in [0.4, 0.5) is 4.39 Å². The number of hydrogen-bond acceptors (Lipinski definition) is 5. The first-order chi connectivity index (χ1) is 17.2. The van der Waals surface area contributed by atoms with Crippen LogP contribution in [0.5, 0.6) is 11.5 Å². The number of fused-ring (bicyclic) bond motifs is 1. The molecule has 0 spiro atoms. The van der Waals surface area contributed by atoms with E-state index in [2.05, 4.69) is 31.9 Å². The Labute approximate surface area is 214 Å². The molecular formula is C29H40FNO5. The average Bonchev–Trinajstić information content (AvgIpc) is 2.85. The van der Waals surface area contributed by atoms with Gasteiger partial charge in [0.2, 0.25) is 0 Å². The summed E-state index contributed by atoms with van der Waals surface area (Å²) in [5.74, 6) is 0.742. The van der Waals surface area contributed by atoms with E-state index in [-0.39, 0.29) is 23.8 Å². The van der Waals surface area contributed by atoms with Crippen molar-refractivity contribution in [1.82, 2.24) is 4.90 Å².